The molecule has 3 rings (SSSR count). The highest BCUT2D eigenvalue weighted by molar-refractivity contribution is 6.17. The number of hydrogen-bond acceptors (Lipinski definition) is 2. The number of imidazole rings is 1. The van der Waals surface area contributed by atoms with Crippen molar-refractivity contribution < 1.29 is 0 Å². The summed E-state index contributed by atoms with van der Waals surface area (Å²) in [5.74, 6) is 1.56. The Balaban J connectivity index is 2.07. The van der Waals surface area contributed by atoms with Gasteiger partial charge in [0.15, 0.2) is 5.65 Å². The molecule has 0 saturated carbocycles. The summed E-state index contributed by atoms with van der Waals surface area (Å²) in [6, 6.07) is 12.6. The molecule has 2 aromatic heterocycles. The van der Waals surface area contributed by atoms with E-state index in [1.54, 1.807) is 0 Å². The van der Waals surface area contributed by atoms with E-state index in [9.17, 15) is 0 Å². The predicted molar refractivity (Wildman–Crippen MR) is 87.0 cm³/mol. The summed E-state index contributed by atoms with van der Waals surface area (Å²) in [5, 5.41) is 0. The third-order valence-electron chi connectivity index (χ3n) is 3.59. The number of aryl methyl sites for hydroxylation is 3. The van der Waals surface area contributed by atoms with E-state index in [1.807, 2.05) is 19.1 Å². The van der Waals surface area contributed by atoms with E-state index in [0.29, 0.717) is 5.88 Å². The van der Waals surface area contributed by atoms with Crippen molar-refractivity contribution in [3.8, 4) is 0 Å². The zero-order valence-electron chi connectivity index (χ0n) is 12.3. The number of nitrogens with zero attached hydrogens (tertiary/aromatic N) is 3. The first-order valence-electron chi connectivity index (χ1n) is 7.11. The minimum atomic E-state index is 0.566. The van der Waals surface area contributed by atoms with Crippen molar-refractivity contribution in [3.63, 3.8) is 0 Å². The summed E-state index contributed by atoms with van der Waals surface area (Å²) in [6.07, 6.45) is 0.753. The highest BCUT2D eigenvalue weighted by Gasteiger charge is 2.12. The maximum atomic E-state index is 5.92. The second-order valence-electron chi connectivity index (χ2n) is 5.33. The highest BCUT2D eigenvalue weighted by atomic mass is 35.5. The van der Waals surface area contributed by atoms with Gasteiger partial charge in [-0.2, -0.15) is 0 Å². The molecule has 0 atom stereocenters. The monoisotopic (exact) mass is 299 g/mol. The third-order valence-corrected chi connectivity index (χ3v) is 3.78. The molecule has 108 valence electrons. The number of halogens is 1. The predicted octanol–water partition coefficient (Wildman–Crippen LogP) is 3.88. The van der Waals surface area contributed by atoms with Crippen LogP contribution in [0.1, 0.15) is 22.6 Å². The average molecular weight is 300 g/mol. The summed E-state index contributed by atoms with van der Waals surface area (Å²) in [6.45, 7) is 4.88. The minimum absolute atomic E-state index is 0.566. The molecule has 3 aromatic rings. The minimum Gasteiger partial charge on any atom is -0.308 e. The summed E-state index contributed by atoms with van der Waals surface area (Å²) < 4.78 is 2.18. The van der Waals surface area contributed by atoms with Crippen LogP contribution in [0.15, 0.2) is 36.4 Å². The smallest absolute Gasteiger partial charge is 0.160 e. The molecule has 0 spiro atoms. The number of rotatable bonds is 4. The number of benzene rings is 1. The maximum Gasteiger partial charge on any atom is 0.160 e. The number of hydrogen-bond donors (Lipinski definition) is 0. The highest BCUT2D eigenvalue weighted by Crippen LogP contribution is 2.18. The summed E-state index contributed by atoms with van der Waals surface area (Å²) >= 11 is 5.92. The van der Waals surface area contributed by atoms with Gasteiger partial charge in [0.1, 0.15) is 11.3 Å². The lowest BCUT2D eigenvalue weighted by Gasteiger charge is -2.08. The number of aromatic nitrogens is 3. The molecule has 0 radical (unpaired) electrons. The van der Waals surface area contributed by atoms with E-state index in [1.165, 1.54) is 11.1 Å². The Bertz CT molecular complexity index is 760. The van der Waals surface area contributed by atoms with Crippen LogP contribution in [-0.4, -0.2) is 20.4 Å². The van der Waals surface area contributed by atoms with Crippen molar-refractivity contribution in [2.45, 2.75) is 26.8 Å². The van der Waals surface area contributed by atoms with E-state index in [4.69, 9.17) is 11.6 Å². The Morgan fingerprint density at radius 2 is 1.76 bits per heavy atom. The Kier molecular flexibility index (Phi) is 3.93. The van der Waals surface area contributed by atoms with E-state index in [0.717, 1.165) is 35.6 Å². The van der Waals surface area contributed by atoms with Gasteiger partial charge in [0.25, 0.3) is 0 Å². The zero-order valence-corrected chi connectivity index (χ0v) is 13.1. The fourth-order valence-electron chi connectivity index (χ4n) is 2.46. The Labute approximate surface area is 129 Å². The molecule has 4 heteroatoms. The molecule has 0 aliphatic heterocycles. The molecule has 0 N–H and O–H groups in total. The summed E-state index contributed by atoms with van der Waals surface area (Å²) in [5.41, 5.74) is 5.40. The largest absolute Gasteiger partial charge is 0.308 e. The lowest BCUT2D eigenvalue weighted by Crippen LogP contribution is -2.07. The Hall–Kier alpha value is -1.87. The van der Waals surface area contributed by atoms with Crippen LogP contribution < -0.4 is 0 Å². The second-order valence-corrected chi connectivity index (χ2v) is 5.71. The molecule has 0 aliphatic rings. The van der Waals surface area contributed by atoms with Gasteiger partial charge in [-0.15, -0.1) is 11.6 Å². The number of alkyl halides is 1. The van der Waals surface area contributed by atoms with Gasteiger partial charge in [0.05, 0.1) is 6.54 Å². The van der Waals surface area contributed by atoms with E-state index < -0.39 is 0 Å². The van der Waals surface area contributed by atoms with Gasteiger partial charge in [0, 0.05) is 18.0 Å². The van der Waals surface area contributed by atoms with Crippen LogP contribution in [0.5, 0.6) is 0 Å². The van der Waals surface area contributed by atoms with Crippen LogP contribution in [0.2, 0.25) is 0 Å². The Morgan fingerprint density at radius 3 is 2.48 bits per heavy atom. The molecule has 0 bridgehead atoms. The molecule has 0 unspecified atom stereocenters. The van der Waals surface area contributed by atoms with Crippen LogP contribution in [0.3, 0.4) is 0 Å². The maximum absolute atomic E-state index is 5.92. The van der Waals surface area contributed by atoms with E-state index in [2.05, 4.69) is 45.7 Å². The number of fused-ring (bicyclic) bond motifs is 1. The van der Waals surface area contributed by atoms with Gasteiger partial charge in [-0.05, 0) is 31.5 Å². The van der Waals surface area contributed by atoms with Crippen molar-refractivity contribution in [1.29, 1.82) is 0 Å². The van der Waals surface area contributed by atoms with Crippen molar-refractivity contribution in [2.75, 3.05) is 5.88 Å². The molecule has 0 saturated heterocycles. The van der Waals surface area contributed by atoms with Crippen molar-refractivity contribution in [1.82, 2.24) is 14.5 Å². The first kappa shape index (κ1) is 14.1. The molecular formula is C17H18ClN3. The normalized spacial score (nSPS) is 11.2. The van der Waals surface area contributed by atoms with Crippen LogP contribution in [0.25, 0.3) is 11.2 Å². The standard InChI is InChI=1S/C17H18ClN3/c1-12-3-6-14(7-4-12)11-21-16(9-10-18)20-15-8-5-13(2)19-17(15)21/h3-8H,9-11H2,1-2H3. The van der Waals surface area contributed by atoms with E-state index in [-0.39, 0.29) is 0 Å². The topological polar surface area (TPSA) is 30.7 Å². The van der Waals surface area contributed by atoms with Crippen LogP contribution in [0, 0.1) is 13.8 Å². The molecule has 2 heterocycles. The first-order valence-corrected chi connectivity index (χ1v) is 7.65. The van der Waals surface area contributed by atoms with Crippen molar-refractivity contribution in [3.05, 3.63) is 59.0 Å². The van der Waals surface area contributed by atoms with Gasteiger partial charge in [-0.25, -0.2) is 9.97 Å². The molecule has 3 nitrogen and oxygen atoms in total. The first-order chi connectivity index (χ1) is 10.2. The quantitative estimate of drug-likeness (QED) is 0.685. The SMILES string of the molecule is Cc1ccc(Cn2c(CCCl)nc3ccc(C)nc32)cc1. The van der Waals surface area contributed by atoms with Gasteiger partial charge >= 0.3 is 0 Å². The van der Waals surface area contributed by atoms with Crippen LogP contribution >= 0.6 is 11.6 Å². The average Bonchev–Trinajstić information content (AvgIpc) is 2.79. The molecular weight excluding hydrogens is 282 g/mol. The van der Waals surface area contributed by atoms with Gasteiger partial charge in [-0.1, -0.05) is 29.8 Å². The van der Waals surface area contributed by atoms with Crippen molar-refractivity contribution in [2.24, 2.45) is 0 Å². The fourth-order valence-corrected chi connectivity index (χ4v) is 2.63. The third kappa shape index (κ3) is 2.93. The molecule has 0 amide bonds. The summed E-state index contributed by atoms with van der Waals surface area (Å²) in [4.78, 5) is 9.32. The van der Waals surface area contributed by atoms with Crippen molar-refractivity contribution >= 4 is 22.8 Å². The second kappa shape index (κ2) is 5.86. The van der Waals surface area contributed by atoms with Gasteiger partial charge in [-0.3, -0.25) is 0 Å². The molecule has 1 aromatic carbocycles. The molecule has 21 heavy (non-hydrogen) atoms. The summed E-state index contributed by atoms with van der Waals surface area (Å²) in [7, 11) is 0. The molecule has 0 fully saturated rings. The van der Waals surface area contributed by atoms with Gasteiger partial charge in [0.2, 0.25) is 0 Å². The Morgan fingerprint density at radius 1 is 1.00 bits per heavy atom. The lowest BCUT2D eigenvalue weighted by molar-refractivity contribution is 0.746. The molecule has 0 aliphatic carbocycles. The number of pyridine rings is 1. The van der Waals surface area contributed by atoms with Crippen LogP contribution in [-0.2, 0) is 13.0 Å². The van der Waals surface area contributed by atoms with Gasteiger partial charge < -0.3 is 4.57 Å². The lowest BCUT2D eigenvalue weighted by atomic mass is 10.1. The zero-order chi connectivity index (χ0) is 14.8. The van der Waals surface area contributed by atoms with E-state index >= 15 is 0 Å². The fraction of sp³-hybridized carbons (Fsp3) is 0.294. The van der Waals surface area contributed by atoms with Crippen LogP contribution in [0.4, 0.5) is 0 Å².